The third-order valence-electron chi connectivity index (χ3n) is 1.94. The number of aromatic carboxylic acids is 1. The number of halogens is 1. The fourth-order valence-corrected chi connectivity index (χ4v) is 1.38. The summed E-state index contributed by atoms with van der Waals surface area (Å²) in [6.07, 6.45) is 1.19. The van der Waals surface area contributed by atoms with E-state index in [1.54, 1.807) is 0 Å². The van der Waals surface area contributed by atoms with Gasteiger partial charge < -0.3 is 14.4 Å². The minimum atomic E-state index is -1.04. The summed E-state index contributed by atoms with van der Waals surface area (Å²) in [5, 5.41) is 12.5. The van der Waals surface area contributed by atoms with Gasteiger partial charge in [0.1, 0.15) is 5.75 Å². The summed E-state index contributed by atoms with van der Waals surface area (Å²) in [5.41, 5.74) is 0.0990. The van der Waals surface area contributed by atoms with Crippen LogP contribution in [0, 0.1) is 0 Å². The van der Waals surface area contributed by atoms with Crippen LogP contribution in [-0.2, 0) is 6.61 Å². The van der Waals surface area contributed by atoms with Crippen molar-refractivity contribution < 1.29 is 19.2 Å². The number of benzene rings is 1. The topological polar surface area (TPSA) is 85.5 Å². The number of nitrogens with zero attached hydrogens (tertiary/aromatic N) is 2. The number of hydrogen-bond donors (Lipinski definition) is 1. The van der Waals surface area contributed by atoms with Crippen molar-refractivity contribution in [2.75, 3.05) is 0 Å². The summed E-state index contributed by atoms with van der Waals surface area (Å²) >= 11 is 5.86. The first-order chi connectivity index (χ1) is 8.16. The molecule has 0 atom stereocenters. The monoisotopic (exact) mass is 254 g/mol. The number of ether oxygens (including phenoxy) is 1. The smallest absolute Gasteiger partial charge is 0.335 e. The largest absolute Gasteiger partial charge is 0.484 e. The van der Waals surface area contributed by atoms with Crippen molar-refractivity contribution in [3.63, 3.8) is 0 Å². The number of carboxylic acid groups (broad SMARTS) is 1. The van der Waals surface area contributed by atoms with E-state index < -0.39 is 5.97 Å². The second-order valence-corrected chi connectivity index (χ2v) is 3.49. The molecule has 0 aliphatic carbocycles. The van der Waals surface area contributed by atoms with E-state index >= 15 is 0 Å². The Bertz CT molecular complexity index is 527. The molecule has 17 heavy (non-hydrogen) atoms. The van der Waals surface area contributed by atoms with Gasteiger partial charge in [-0.25, -0.2) is 4.79 Å². The van der Waals surface area contributed by atoms with E-state index in [0.717, 1.165) is 0 Å². The molecule has 0 aliphatic rings. The summed E-state index contributed by atoms with van der Waals surface area (Å²) in [7, 11) is 0. The Kier molecular flexibility index (Phi) is 3.24. The Morgan fingerprint density at radius 2 is 2.35 bits per heavy atom. The lowest BCUT2D eigenvalue weighted by Gasteiger charge is -2.06. The summed E-state index contributed by atoms with van der Waals surface area (Å²) in [6, 6.07) is 4.20. The Morgan fingerprint density at radius 3 is 2.94 bits per heavy atom. The third kappa shape index (κ3) is 2.73. The van der Waals surface area contributed by atoms with Gasteiger partial charge in [0.15, 0.2) is 6.61 Å². The average molecular weight is 255 g/mol. The number of carboxylic acids is 1. The molecule has 6 nitrogen and oxygen atoms in total. The molecule has 88 valence electrons. The van der Waals surface area contributed by atoms with Gasteiger partial charge in [-0.05, 0) is 18.2 Å². The van der Waals surface area contributed by atoms with Gasteiger partial charge in [0.25, 0.3) is 0 Å². The second-order valence-electron chi connectivity index (χ2n) is 3.09. The van der Waals surface area contributed by atoms with Crippen LogP contribution in [0.5, 0.6) is 5.75 Å². The van der Waals surface area contributed by atoms with Crippen molar-refractivity contribution >= 4 is 17.6 Å². The average Bonchev–Trinajstić information content (AvgIpc) is 2.80. The highest BCUT2D eigenvalue weighted by molar-refractivity contribution is 6.32. The van der Waals surface area contributed by atoms with E-state index in [1.807, 2.05) is 0 Å². The van der Waals surface area contributed by atoms with Crippen molar-refractivity contribution in [3.8, 4) is 5.75 Å². The molecule has 0 unspecified atom stereocenters. The quantitative estimate of drug-likeness (QED) is 0.898. The molecule has 0 amide bonds. The fraction of sp³-hybridized carbons (Fsp3) is 0.100. The van der Waals surface area contributed by atoms with E-state index in [4.69, 9.17) is 21.4 Å². The zero-order valence-electron chi connectivity index (χ0n) is 8.46. The zero-order chi connectivity index (χ0) is 12.3. The van der Waals surface area contributed by atoms with Gasteiger partial charge in [0.05, 0.1) is 10.6 Å². The van der Waals surface area contributed by atoms with Crippen LogP contribution in [0.4, 0.5) is 0 Å². The molecular weight excluding hydrogens is 248 g/mol. The van der Waals surface area contributed by atoms with E-state index in [-0.39, 0.29) is 17.2 Å². The number of carbonyl (C=O) groups is 1. The first-order valence-corrected chi connectivity index (χ1v) is 4.95. The molecule has 0 bridgehead atoms. The molecule has 1 heterocycles. The molecule has 2 rings (SSSR count). The Labute approximate surface area is 101 Å². The normalized spacial score (nSPS) is 10.2. The van der Waals surface area contributed by atoms with Crippen LogP contribution in [0.3, 0.4) is 0 Å². The van der Waals surface area contributed by atoms with Crippen LogP contribution >= 0.6 is 11.6 Å². The summed E-state index contributed by atoms with van der Waals surface area (Å²) in [4.78, 5) is 14.4. The Balaban J connectivity index is 2.09. The van der Waals surface area contributed by atoms with E-state index in [9.17, 15) is 4.79 Å². The predicted molar refractivity (Wildman–Crippen MR) is 57.0 cm³/mol. The first kappa shape index (κ1) is 11.4. The molecule has 0 fully saturated rings. The van der Waals surface area contributed by atoms with E-state index in [0.29, 0.717) is 11.6 Å². The lowest BCUT2D eigenvalue weighted by atomic mass is 10.2. The number of hydrogen-bond acceptors (Lipinski definition) is 5. The van der Waals surface area contributed by atoms with Crippen molar-refractivity contribution in [2.45, 2.75) is 6.61 Å². The van der Waals surface area contributed by atoms with Gasteiger partial charge in [-0.2, -0.15) is 4.98 Å². The molecule has 1 aromatic heterocycles. The first-order valence-electron chi connectivity index (χ1n) is 4.57. The van der Waals surface area contributed by atoms with Crippen molar-refractivity contribution in [1.82, 2.24) is 10.1 Å². The lowest BCUT2D eigenvalue weighted by Crippen LogP contribution is -2.00. The van der Waals surface area contributed by atoms with Crippen LogP contribution in [0.2, 0.25) is 5.02 Å². The molecule has 0 saturated heterocycles. The molecular formula is C10H7ClN2O4. The van der Waals surface area contributed by atoms with Gasteiger partial charge in [-0.3, -0.25) is 0 Å². The molecule has 0 saturated carbocycles. The number of aromatic nitrogens is 2. The maximum atomic E-state index is 10.7. The van der Waals surface area contributed by atoms with Crippen molar-refractivity contribution in [2.24, 2.45) is 0 Å². The fourth-order valence-electron chi connectivity index (χ4n) is 1.15. The highest BCUT2D eigenvalue weighted by Gasteiger charge is 2.08. The molecule has 0 aliphatic heterocycles. The highest BCUT2D eigenvalue weighted by atomic mass is 35.5. The van der Waals surface area contributed by atoms with Crippen LogP contribution in [-0.4, -0.2) is 21.2 Å². The predicted octanol–water partition coefficient (Wildman–Crippen LogP) is 2.00. The van der Waals surface area contributed by atoms with Gasteiger partial charge in [-0.15, -0.1) is 0 Å². The van der Waals surface area contributed by atoms with E-state index in [1.165, 1.54) is 24.6 Å². The van der Waals surface area contributed by atoms with Gasteiger partial charge in [-0.1, -0.05) is 16.8 Å². The van der Waals surface area contributed by atoms with Crippen LogP contribution in [0.1, 0.15) is 16.2 Å². The molecule has 0 radical (unpaired) electrons. The van der Waals surface area contributed by atoms with Crippen LogP contribution < -0.4 is 4.74 Å². The second kappa shape index (κ2) is 4.84. The zero-order valence-corrected chi connectivity index (χ0v) is 9.22. The standard InChI is InChI=1S/C10H7ClN2O4/c11-7-3-6(10(14)15)1-2-8(7)16-4-9-12-5-17-13-9/h1-3,5H,4H2,(H,14,15). The van der Waals surface area contributed by atoms with Gasteiger partial charge in [0, 0.05) is 0 Å². The highest BCUT2D eigenvalue weighted by Crippen LogP contribution is 2.26. The molecule has 1 aromatic carbocycles. The van der Waals surface area contributed by atoms with E-state index in [2.05, 4.69) is 14.7 Å². The molecule has 7 heteroatoms. The maximum absolute atomic E-state index is 10.7. The Hall–Kier alpha value is -2.08. The lowest BCUT2D eigenvalue weighted by molar-refractivity contribution is 0.0697. The minimum Gasteiger partial charge on any atom is -0.484 e. The molecule has 2 aromatic rings. The van der Waals surface area contributed by atoms with Crippen LogP contribution in [0.25, 0.3) is 0 Å². The summed E-state index contributed by atoms with van der Waals surface area (Å²) < 4.78 is 9.84. The Morgan fingerprint density at radius 1 is 1.53 bits per heavy atom. The third-order valence-corrected chi connectivity index (χ3v) is 2.24. The van der Waals surface area contributed by atoms with Crippen molar-refractivity contribution in [1.29, 1.82) is 0 Å². The van der Waals surface area contributed by atoms with Crippen molar-refractivity contribution in [3.05, 3.63) is 41.0 Å². The molecule has 0 spiro atoms. The number of rotatable bonds is 4. The molecule has 1 N–H and O–H groups in total. The summed E-state index contributed by atoms with van der Waals surface area (Å²) in [5.74, 6) is -0.304. The SMILES string of the molecule is O=C(O)c1ccc(OCc2ncon2)c(Cl)c1. The minimum absolute atomic E-state index is 0.0990. The van der Waals surface area contributed by atoms with Gasteiger partial charge in [0.2, 0.25) is 12.2 Å². The van der Waals surface area contributed by atoms with Crippen LogP contribution in [0.15, 0.2) is 29.1 Å². The van der Waals surface area contributed by atoms with Gasteiger partial charge >= 0.3 is 5.97 Å². The summed E-state index contributed by atoms with van der Waals surface area (Å²) in [6.45, 7) is 0.0998. The maximum Gasteiger partial charge on any atom is 0.335 e.